The van der Waals surface area contributed by atoms with Gasteiger partial charge in [0, 0.05) is 31.4 Å². The summed E-state index contributed by atoms with van der Waals surface area (Å²) in [5, 5.41) is 4.71. The van der Waals surface area contributed by atoms with E-state index in [9.17, 15) is 4.79 Å². The molecule has 0 aliphatic rings. The van der Waals surface area contributed by atoms with Crippen LogP contribution in [0.5, 0.6) is 0 Å². The molecule has 0 aliphatic carbocycles. The summed E-state index contributed by atoms with van der Waals surface area (Å²) in [6.45, 7) is 0.144. The second kappa shape index (κ2) is 5.57. The quantitative estimate of drug-likeness (QED) is 0.847. The van der Waals surface area contributed by atoms with Crippen molar-refractivity contribution in [2.75, 3.05) is 19.0 Å². The van der Waals surface area contributed by atoms with E-state index in [1.165, 1.54) is 7.11 Å². The van der Waals surface area contributed by atoms with Gasteiger partial charge in [0.25, 0.3) is 5.91 Å². The molecule has 3 N–H and O–H groups in total. The van der Waals surface area contributed by atoms with E-state index in [2.05, 4.69) is 10.3 Å². The highest BCUT2D eigenvalue weighted by Crippen LogP contribution is 2.22. The molecule has 0 bridgehead atoms. The molecule has 5 nitrogen and oxygen atoms in total. The number of carbonyl (C=O) groups excluding carboxylic acids is 1. The normalized spacial score (nSPS) is 12.3. The number of nitrogens with zero attached hydrogens (tertiary/aromatic N) is 1. The Bertz CT molecular complexity index is 547. The zero-order valence-electron chi connectivity index (χ0n) is 10.1. The third kappa shape index (κ3) is 2.47. The number of rotatable bonds is 4. The molecule has 0 radical (unpaired) electrons. The Hall–Kier alpha value is -1.98. The van der Waals surface area contributed by atoms with Crippen molar-refractivity contribution in [1.29, 1.82) is 0 Å². The minimum atomic E-state index is -0.642. The lowest BCUT2D eigenvalue weighted by Crippen LogP contribution is -2.35. The highest BCUT2D eigenvalue weighted by molar-refractivity contribution is 6.03. The molecule has 1 heterocycles. The monoisotopic (exact) mass is 245 g/mol. The van der Waals surface area contributed by atoms with Gasteiger partial charge in [-0.05, 0) is 17.5 Å². The van der Waals surface area contributed by atoms with Crippen molar-refractivity contribution in [2.45, 2.75) is 6.10 Å². The van der Waals surface area contributed by atoms with Gasteiger partial charge in [-0.15, -0.1) is 0 Å². The Morgan fingerprint density at radius 1 is 1.50 bits per heavy atom. The lowest BCUT2D eigenvalue weighted by Gasteiger charge is -2.14. The van der Waals surface area contributed by atoms with Gasteiger partial charge in [0.2, 0.25) is 0 Å². The lowest BCUT2D eigenvalue weighted by molar-refractivity contribution is -0.125. The number of methoxy groups -OCH3 is 1. The third-order valence-corrected chi connectivity index (χ3v) is 2.73. The first-order chi connectivity index (χ1) is 8.76. The number of fused-ring (bicyclic) bond motifs is 1. The molecule has 2 rings (SSSR count). The zero-order valence-corrected chi connectivity index (χ0v) is 10.1. The molecule has 0 aliphatic heterocycles. The Kier molecular flexibility index (Phi) is 3.86. The van der Waals surface area contributed by atoms with E-state index in [1.54, 1.807) is 12.4 Å². The number of carbonyl (C=O) groups is 1. The van der Waals surface area contributed by atoms with Crippen molar-refractivity contribution in [3.63, 3.8) is 0 Å². The number of aromatic nitrogens is 1. The molecule has 0 fully saturated rings. The number of nitrogens with one attached hydrogen (secondary N) is 1. The number of ether oxygens (including phenoxy) is 1. The van der Waals surface area contributed by atoms with Crippen LogP contribution in [0.1, 0.15) is 0 Å². The molecule has 0 spiro atoms. The average Bonchev–Trinajstić information content (AvgIpc) is 2.40. The summed E-state index contributed by atoms with van der Waals surface area (Å²) in [5.74, 6) is -0.253. The first kappa shape index (κ1) is 12.5. The van der Waals surface area contributed by atoms with Crippen LogP contribution in [0.3, 0.4) is 0 Å². The zero-order chi connectivity index (χ0) is 13.0. The minimum absolute atomic E-state index is 0.144. The molecule has 94 valence electrons. The van der Waals surface area contributed by atoms with Crippen molar-refractivity contribution < 1.29 is 9.53 Å². The fourth-order valence-electron chi connectivity index (χ4n) is 1.75. The number of pyridine rings is 1. The Labute approximate surface area is 105 Å². The maximum absolute atomic E-state index is 11.9. The maximum atomic E-state index is 11.9. The summed E-state index contributed by atoms with van der Waals surface area (Å²) in [5.41, 5.74) is 6.16. The summed E-state index contributed by atoms with van der Waals surface area (Å²) in [7, 11) is 1.46. The van der Waals surface area contributed by atoms with Gasteiger partial charge < -0.3 is 15.8 Å². The molecule has 1 aromatic heterocycles. The molecular formula is C13H15N3O2. The second-order valence-electron chi connectivity index (χ2n) is 3.85. The SMILES string of the molecule is COC(CN)C(=O)Nc1cccc2ccncc12. The molecular weight excluding hydrogens is 230 g/mol. The van der Waals surface area contributed by atoms with Gasteiger partial charge >= 0.3 is 0 Å². The average molecular weight is 245 g/mol. The van der Waals surface area contributed by atoms with Crippen LogP contribution in [0, 0.1) is 0 Å². The molecule has 0 saturated carbocycles. The van der Waals surface area contributed by atoms with Gasteiger partial charge in [-0.25, -0.2) is 0 Å². The number of benzene rings is 1. The Morgan fingerprint density at radius 3 is 3.06 bits per heavy atom. The fourth-order valence-corrected chi connectivity index (χ4v) is 1.75. The van der Waals surface area contributed by atoms with Gasteiger partial charge in [0.15, 0.2) is 0 Å². The van der Waals surface area contributed by atoms with E-state index in [4.69, 9.17) is 10.5 Å². The van der Waals surface area contributed by atoms with Gasteiger partial charge in [0.1, 0.15) is 6.10 Å². The number of nitrogens with two attached hydrogens (primary N) is 1. The molecule has 5 heteroatoms. The molecule has 2 aromatic rings. The van der Waals surface area contributed by atoms with Crippen molar-refractivity contribution in [2.24, 2.45) is 5.73 Å². The van der Waals surface area contributed by atoms with Crippen molar-refractivity contribution in [3.05, 3.63) is 36.7 Å². The number of amides is 1. The summed E-state index contributed by atoms with van der Waals surface area (Å²) in [6, 6.07) is 7.55. The Balaban J connectivity index is 2.29. The predicted molar refractivity (Wildman–Crippen MR) is 70.2 cm³/mol. The first-order valence-corrected chi connectivity index (χ1v) is 5.62. The summed E-state index contributed by atoms with van der Waals surface area (Å²) < 4.78 is 4.99. The standard InChI is InChI=1S/C13H15N3O2/c1-18-12(7-14)13(17)16-11-4-2-3-9-5-6-15-8-10(9)11/h2-6,8,12H,7,14H2,1H3,(H,16,17). The van der Waals surface area contributed by atoms with Gasteiger partial charge in [-0.2, -0.15) is 0 Å². The van der Waals surface area contributed by atoms with Crippen LogP contribution in [-0.4, -0.2) is 30.6 Å². The maximum Gasteiger partial charge on any atom is 0.254 e. The number of hydrogen-bond acceptors (Lipinski definition) is 4. The van der Waals surface area contributed by atoms with Gasteiger partial charge in [-0.1, -0.05) is 12.1 Å². The van der Waals surface area contributed by atoms with Gasteiger partial charge in [0.05, 0.1) is 5.69 Å². The van der Waals surface area contributed by atoms with Crippen LogP contribution in [0.4, 0.5) is 5.69 Å². The van der Waals surface area contributed by atoms with Crippen molar-refractivity contribution >= 4 is 22.4 Å². The van der Waals surface area contributed by atoms with Crippen LogP contribution in [0.15, 0.2) is 36.7 Å². The second-order valence-corrected chi connectivity index (χ2v) is 3.85. The number of hydrogen-bond donors (Lipinski definition) is 2. The highest BCUT2D eigenvalue weighted by Gasteiger charge is 2.16. The predicted octanol–water partition coefficient (Wildman–Crippen LogP) is 1.15. The topological polar surface area (TPSA) is 77.2 Å². The molecule has 1 atom stereocenters. The summed E-state index contributed by atoms with van der Waals surface area (Å²) in [4.78, 5) is 15.9. The van der Waals surface area contributed by atoms with E-state index >= 15 is 0 Å². The van der Waals surface area contributed by atoms with Crippen LogP contribution in [-0.2, 0) is 9.53 Å². The summed E-state index contributed by atoms with van der Waals surface area (Å²) in [6.07, 6.45) is 2.79. The smallest absolute Gasteiger partial charge is 0.254 e. The minimum Gasteiger partial charge on any atom is -0.370 e. The van der Waals surface area contributed by atoms with E-state index in [0.717, 1.165) is 10.8 Å². The van der Waals surface area contributed by atoms with E-state index in [1.807, 2.05) is 24.3 Å². The van der Waals surface area contributed by atoms with E-state index < -0.39 is 6.10 Å². The van der Waals surface area contributed by atoms with Crippen LogP contribution < -0.4 is 11.1 Å². The summed E-state index contributed by atoms with van der Waals surface area (Å²) >= 11 is 0. The molecule has 18 heavy (non-hydrogen) atoms. The highest BCUT2D eigenvalue weighted by atomic mass is 16.5. The van der Waals surface area contributed by atoms with Crippen molar-refractivity contribution in [3.8, 4) is 0 Å². The number of anilines is 1. The largest absolute Gasteiger partial charge is 0.370 e. The van der Waals surface area contributed by atoms with E-state index in [0.29, 0.717) is 5.69 Å². The molecule has 1 unspecified atom stereocenters. The molecule has 1 amide bonds. The van der Waals surface area contributed by atoms with Crippen LogP contribution in [0.2, 0.25) is 0 Å². The lowest BCUT2D eigenvalue weighted by atomic mass is 10.1. The van der Waals surface area contributed by atoms with E-state index in [-0.39, 0.29) is 12.5 Å². The first-order valence-electron chi connectivity index (χ1n) is 5.62. The van der Waals surface area contributed by atoms with Gasteiger partial charge in [-0.3, -0.25) is 9.78 Å². The van der Waals surface area contributed by atoms with Crippen molar-refractivity contribution in [1.82, 2.24) is 4.98 Å². The molecule has 1 aromatic carbocycles. The fraction of sp³-hybridized carbons (Fsp3) is 0.231. The van der Waals surface area contributed by atoms with Crippen LogP contribution in [0.25, 0.3) is 10.8 Å². The molecule has 0 saturated heterocycles. The third-order valence-electron chi connectivity index (χ3n) is 2.73. The van der Waals surface area contributed by atoms with Crippen LogP contribution >= 0.6 is 0 Å². The Morgan fingerprint density at radius 2 is 2.33 bits per heavy atom.